The van der Waals surface area contributed by atoms with Crippen LogP contribution >= 0.6 is 0 Å². The zero-order chi connectivity index (χ0) is 19.7. The van der Waals surface area contributed by atoms with Crippen molar-refractivity contribution in [2.24, 2.45) is 5.10 Å². The van der Waals surface area contributed by atoms with Crippen molar-refractivity contribution in [3.05, 3.63) is 82.4 Å². The Morgan fingerprint density at radius 1 is 1.04 bits per heavy atom. The number of amides is 1. The number of nitrogens with zero attached hydrogens (tertiary/aromatic N) is 1. The van der Waals surface area contributed by atoms with E-state index in [2.05, 4.69) is 22.7 Å². The number of halogens is 3. The summed E-state index contributed by atoms with van der Waals surface area (Å²) in [5.41, 5.74) is 5.44. The molecule has 0 spiro atoms. The summed E-state index contributed by atoms with van der Waals surface area (Å²) in [5.74, 6) is -0.471. The maximum absolute atomic E-state index is 12.8. The number of hydrazone groups is 1. The summed E-state index contributed by atoms with van der Waals surface area (Å²) in [7, 11) is 0. The van der Waals surface area contributed by atoms with E-state index in [-0.39, 0.29) is 12.0 Å². The molecule has 0 bridgehead atoms. The van der Waals surface area contributed by atoms with Crippen LogP contribution in [0.15, 0.2) is 59.7 Å². The first-order valence-corrected chi connectivity index (χ1v) is 8.93. The van der Waals surface area contributed by atoms with Crippen molar-refractivity contribution in [1.82, 2.24) is 5.43 Å². The molecule has 3 aromatic rings. The predicted molar refractivity (Wildman–Crippen MR) is 102 cm³/mol. The number of carbonyl (C=O) groups excluding carboxylic acids is 1. The molecular formula is C22H17F3N2O. The second kappa shape index (κ2) is 7.11. The van der Waals surface area contributed by atoms with Gasteiger partial charge in [0.2, 0.25) is 5.91 Å². The van der Waals surface area contributed by atoms with Crippen LogP contribution in [0.1, 0.15) is 27.8 Å². The number of benzene rings is 3. The fourth-order valence-electron chi connectivity index (χ4n) is 3.64. The maximum atomic E-state index is 12.8. The molecule has 0 aliphatic heterocycles. The predicted octanol–water partition coefficient (Wildman–Crippen LogP) is 4.65. The van der Waals surface area contributed by atoms with Crippen LogP contribution in [-0.2, 0) is 30.2 Å². The molecule has 0 heterocycles. The Kier molecular flexibility index (Phi) is 4.63. The van der Waals surface area contributed by atoms with Crippen LogP contribution < -0.4 is 5.43 Å². The van der Waals surface area contributed by atoms with Gasteiger partial charge in [0.1, 0.15) is 0 Å². The molecule has 3 aromatic carbocycles. The Labute approximate surface area is 159 Å². The highest BCUT2D eigenvalue weighted by atomic mass is 19.4. The van der Waals surface area contributed by atoms with E-state index < -0.39 is 17.6 Å². The Balaban J connectivity index is 1.46. The Hall–Kier alpha value is -3.15. The summed E-state index contributed by atoms with van der Waals surface area (Å²) in [6.07, 6.45) is -0.973. The Morgan fingerprint density at radius 2 is 1.79 bits per heavy atom. The number of alkyl halides is 3. The summed E-state index contributed by atoms with van der Waals surface area (Å²) in [5, 5.41) is 6.33. The molecule has 3 nitrogen and oxygen atoms in total. The van der Waals surface area contributed by atoms with Crippen molar-refractivity contribution in [1.29, 1.82) is 0 Å². The number of aryl methyl sites for hydroxylation is 2. The van der Waals surface area contributed by atoms with Crippen molar-refractivity contribution in [3.63, 3.8) is 0 Å². The average Bonchev–Trinajstić information content (AvgIpc) is 3.08. The molecule has 0 saturated heterocycles. The van der Waals surface area contributed by atoms with Gasteiger partial charge in [-0.05, 0) is 46.4 Å². The summed E-state index contributed by atoms with van der Waals surface area (Å²) >= 11 is 0. The lowest BCUT2D eigenvalue weighted by atomic mass is 10.0. The summed E-state index contributed by atoms with van der Waals surface area (Å²) in [6, 6.07) is 14.9. The first-order chi connectivity index (χ1) is 13.4. The number of hydrogen-bond acceptors (Lipinski definition) is 2. The smallest absolute Gasteiger partial charge is 0.273 e. The second-order valence-corrected chi connectivity index (χ2v) is 6.82. The van der Waals surface area contributed by atoms with Crippen LogP contribution in [0.3, 0.4) is 0 Å². The lowest BCUT2D eigenvalue weighted by molar-refractivity contribution is -0.137. The van der Waals surface area contributed by atoms with Gasteiger partial charge in [-0.3, -0.25) is 4.79 Å². The summed E-state index contributed by atoms with van der Waals surface area (Å²) in [4.78, 5) is 12.0. The van der Waals surface area contributed by atoms with Crippen molar-refractivity contribution < 1.29 is 18.0 Å². The standard InChI is InChI=1S/C22H17F3N2O/c23-22(24,25)18-5-1-3-14(11-18)12-20(28)27-26-13-17-10-9-16-8-7-15-4-2-6-19(17)21(15)16/h1-6,9-11,13H,7-8,12H2,(H,27,28)/b26-13-. The third kappa shape index (κ3) is 3.63. The van der Waals surface area contributed by atoms with E-state index in [1.165, 1.54) is 28.6 Å². The fraction of sp³-hybridized carbons (Fsp3) is 0.182. The minimum atomic E-state index is -4.43. The molecule has 1 aliphatic rings. The normalized spacial score (nSPS) is 13.4. The van der Waals surface area contributed by atoms with Crippen LogP contribution in [0.25, 0.3) is 10.8 Å². The molecule has 28 heavy (non-hydrogen) atoms. The molecule has 4 rings (SSSR count). The molecule has 0 radical (unpaired) electrons. The van der Waals surface area contributed by atoms with Gasteiger partial charge in [-0.1, -0.05) is 48.5 Å². The van der Waals surface area contributed by atoms with Gasteiger partial charge in [-0.15, -0.1) is 0 Å². The van der Waals surface area contributed by atoms with Crippen LogP contribution in [-0.4, -0.2) is 12.1 Å². The molecule has 6 heteroatoms. The van der Waals surface area contributed by atoms with Crippen molar-refractivity contribution in [2.45, 2.75) is 25.4 Å². The molecule has 1 aliphatic carbocycles. The molecule has 0 aromatic heterocycles. The quantitative estimate of drug-likeness (QED) is 0.518. The van der Waals surface area contributed by atoms with Crippen LogP contribution in [0, 0.1) is 0 Å². The fourth-order valence-corrected chi connectivity index (χ4v) is 3.64. The van der Waals surface area contributed by atoms with Gasteiger partial charge in [0.25, 0.3) is 0 Å². The lowest BCUT2D eigenvalue weighted by Crippen LogP contribution is -2.20. The number of hydrogen-bond donors (Lipinski definition) is 1. The van der Waals surface area contributed by atoms with Gasteiger partial charge >= 0.3 is 6.18 Å². The molecule has 0 unspecified atom stereocenters. The monoisotopic (exact) mass is 382 g/mol. The topological polar surface area (TPSA) is 41.5 Å². The maximum Gasteiger partial charge on any atom is 0.416 e. The van der Waals surface area contributed by atoms with E-state index in [0.29, 0.717) is 0 Å². The molecule has 1 amide bonds. The van der Waals surface area contributed by atoms with E-state index in [1.807, 2.05) is 18.2 Å². The molecular weight excluding hydrogens is 365 g/mol. The SMILES string of the molecule is O=C(Cc1cccc(C(F)(F)F)c1)N/N=C\c1ccc2c3c(cccc13)CC2. The first kappa shape index (κ1) is 18.2. The highest BCUT2D eigenvalue weighted by Gasteiger charge is 2.30. The van der Waals surface area contributed by atoms with E-state index >= 15 is 0 Å². The van der Waals surface area contributed by atoms with Crippen LogP contribution in [0.4, 0.5) is 13.2 Å². The number of nitrogens with one attached hydrogen (secondary N) is 1. The summed E-state index contributed by atoms with van der Waals surface area (Å²) in [6.45, 7) is 0. The van der Waals surface area contributed by atoms with Crippen molar-refractivity contribution in [3.8, 4) is 0 Å². The average molecular weight is 382 g/mol. The second-order valence-electron chi connectivity index (χ2n) is 6.82. The van der Waals surface area contributed by atoms with Crippen molar-refractivity contribution >= 4 is 22.9 Å². The van der Waals surface area contributed by atoms with E-state index in [9.17, 15) is 18.0 Å². The highest BCUT2D eigenvalue weighted by molar-refractivity contribution is 6.03. The number of carbonyl (C=O) groups is 1. The third-order valence-corrected chi connectivity index (χ3v) is 4.92. The van der Waals surface area contributed by atoms with E-state index in [0.717, 1.165) is 35.9 Å². The molecule has 0 fully saturated rings. The minimum absolute atomic E-state index is 0.176. The van der Waals surface area contributed by atoms with Crippen molar-refractivity contribution in [2.75, 3.05) is 0 Å². The van der Waals surface area contributed by atoms with Crippen LogP contribution in [0.5, 0.6) is 0 Å². The van der Waals surface area contributed by atoms with Crippen LogP contribution in [0.2, 0.25) is 0 Å². The molecule has 1 N–H and O–H groups in total. The van der Waals surface area contributed by atoms with Gasteiger partial charge < -0.3 is 0 Å². The number of rotatable bonds is 4. The lowest BCUT2D eigenvalue weighted by Gasteiger charge is -2.08. The minimum Gasteiger partial charge on any atom is -0.273 e. The zero-order valence-electron chi connectivity index (χ0n) is 14.9. The van der Waals surface area contributed by atoms with E-state index in [1.54, 1.807) is 6.21 Å². The summed E-state index contributed by atoms with van der Waals surface area (Å²) < 4.78 is 38.3. The van der Waals surface area contributed by atoms with E-state index in [4.69, 9.17) is 0 Å². The third-order valence-electron chi connectivity index (χ3n) is 4.92. The largest absolute Gasteiger partial charge is 0.416 e. The highest BCUT2D eigenvalue weighted by Crippen LogP contribution is 2.32. The Morgan fingerprint density at radius 3 is 2.57 bits per heavy atom. The van der Waals surface area contributed by atoms with Gasteiger partial charge in [0.15, 0.2) is 0 Å². The first-order valence-electron chi connectivity index (χ1n) is 8.93. The molecule has 0 atom stereocenters. The Bertz CT molecular complexity index is 1080. The van der Waals surface area contributed by atoms with Gasteiger partial charge in [-0.2, -0.15) is 18.3 Å². The van der Waals surface area contributed by atoms with Gasteiger partial charge in [0, 0.05) is 5.56 Å². The zero-order valence-corrected chi connectivity index (χ0v) is 14.9. The molecule has 142 valence electrons. The van der Waals surface area contributed by atoms with Gasteiger partial charge in [0.05, 0.1) is 18.2 Å². The van der Waals surface area contributed by atoms with Gasteiger partial charge in [-0.25, -0.2) is 5.43 Å². The molecule has 0 saturated carbocycles.